The molecule has 1 atom stereocenters. The van der Waals surface area contributed by atoms with Gasteiger partial charge in [-0.1, -0.05) is 30.3 Å². The molecule has 0 bridgehead atoms. The Labute approximate surface area is 156 Å². The van der Waals surface area contributed by atoms with Crippen LogP contribution in [-0.2, 0) is 22.4 Å². The summed E-state index contributed by atoms with van der Waals surface area (Å²) in [6.45, 7) is 1.83. The predicted molar refractivity (Wildman–Crippen MR) is 101 cm³/mol. The summed E-state index contributed by atoms with van der Waals surface area (Å²) in [6.07, 6.45) is 1.72. The van der Waals surface area contributed by atoms with E-state index in [4.69, 9.17) is 13.9 Å². The lowest BCUT2D eigenvalue weighted by atomic mass is 10.0. The first-order chi connectivity index (χ1) is 13.1. The summed E-state index contributed by atoms with van der Waals surface area (Å²) < 4.78 is 16.5. The number of benzene rings is 2. The Morgan fingerprint density at radius 1 is 1.07 bits per heavy atom. The normalized spacial score (nSPS) is 14.0. The van der Waals surface area contributed by atoms with Crippen LogP contribution in [0.5, 0.6) is 5.75 Å². The SMILES string of the molecule is COC(=O)C(Oc1ccc2c3c(c(=O)oc2c1C)CCC3)c1ccccc1. The summed E-state index contributed by atoms with van der Waals surface area (Å²) in [5.41, 5.74) is 3.50. The van der Waals surface area contributed by atoms with Gasteiger partial charge < -0.3 is 13.9 Å². The van der Waals surface area contributed by atoms with Gasteiger partial charge >= 0.3 is 11.6 Å². The van der Waals surface area contributed by atoms with Crippen molar-refractivity contribution < 1.29 is 18.7 Å². The van der Waals surface area contributed by atoms with Gasteiger partial charge in [-0.15, -0.1) is 0 Å². The predicted octanol–water partition coefficient (Wildman–Crippen LogP) is 3.88. The smallest absolute Gasteiger partial charge is 0.351 e. The van der Waals surface area contributed by atoms with Crippen molar-refractivity contribution in [3.8, 4) is 5.75 Å². The van der Waals surface area contributed by atoms with Gasteiger partial charge in [0.25, 0.3) is 0 Å². The highest BCUT2D eigenvalue weighted by Gasteiger charge is 2.26. The number of carbonyl (C=O) groups is 1. The Morgan fingerprint density at radius 3 is 2.56 bits per heavy atom. The maximum absolute atomic E-state index is 12.3. The Kier molecular flexibility index (Phi) is 4.44. The van der Waals surface area contributed by atoms with E-state index in [1.807, 2.05) is 49.4 Å². The maximum atomic E-state index is 12.3. The number of esters is 1. The molecule has 27 heavy (non-hydrogen) atoms. The Bertz CT molecular complexity index is 1070. The first kappa shape index (κ1) is 17.3. The second-order valence-electron chi connectivity index (χ2n) is 6.70. The molecule has 1 unspecified atom stereocenters. The molecule has 0 spiro atoms. The number of hydrogen-bond acceptors (Lipinski definition) is 5. The molecule has 0 saturated carbocycles. The zero-order valence-electron chi connectivity index (χ0n) is 15.3. The summed E-state index contributed by atoms with van der Waals surface area (Å²) >= 11 is 0. The molecule has 0 fully saturated rings. The van der Waals surface area contributed by atoms with Crippen LogP contribution in [0.25, 0.3) is 11.0 Å². The van der Waals surface area contributed by atoms with E-state index in [0.717, 1.165) is 35.8 Å². The molecule has 1 aliphatic carbocycles. The molecule has 4 rings (SSSR count). The Balaban J connectivity index is 1.79. The standard InChI is InChI=1S/C22H20O5/c1-13-18(26-20(22(24)25-2)14-7-4-3-5-8-14)12-11-16-15-9-6-10-17(15)21(23)27-19(13)16/h3-5,7-8,11-12,20H,6,9-10H2,1-2H3. The first-order valence-corrected chi connectivity index (χ1v) is 8.97. The molecule has 1 aliphatic rings. The van der Waals surface area contributed by atoms with Crippen LogP contribution in [0.4, 0.5) is 0 Å². The number of carbonyl (C=O) groups excluding carboxylic acids is 1. The highest BCUT2D eigenvalue weighted by molar-refractivity contribution is 5.86. The number of hydrogen-bond donors (Lipinski definition) is 0. The van der Waals surface area contributed by atoms with Crippen LogP contribution in [0.2, 0.25) is 0 Å². The molecule has 138 valence electrons. The zero-order valence-corrected chi connectivity index (χ0v) is 15.3. The van der Waals surface area contributed by atoms with Crippen molar-refractivity contribution in [2.45, 2.75) is 32.3 Å². The Hall–Kier alpha value is -3.08. The maximum Gasteiger partial charge on any atom is 0.351 e. The third kappa shape index (κ3) is 2.99. The van der Waals surface area contributed by atoms with Crippen molar-refractivity contribution in [1.82, 2.24) is 0 Å². The van der Waals surface area contributed by atoms with Gasteiger partial charge in [-0.2, -0.15) is 0 Å². The molecule has 1 aromatic heterocycles. The van der Waals surface area contributed by atoms with Crippen molar-refractivity contribution >= 4 is 16.9 Å². The summed E-state index contributed by atoms with van der Waals surface area (Å²) in [5.74, 6) is -0.000969. The van der Waals surface area contributed by atoms with E-state index in [1.165, 1.54) is 7.11 Å². The van der Waals surface area contributed by atoms with Gasteiger partial charge in [-0.25, -0.2) is 9.59 Å². The van der Waals surface area contributed by atoms with Crippen molar-refractivity contribution in [2.75, 3.05) is 7.11 Å². The molecule has 2 aromatic carbocycles. The van der Waals surface area contributed by atoms with Crippen molar-refractivity contribution in [2.24, 2.45) is 0 Å². The van der Waals surface area contributed by atoms with E-state index >= 15 is 0 Å². The van der Waals surface area contributed by atoms with Crippen LogP contribution in [0, 0.1) is 6.92 Å². The van der Waals surface area contributed by atoms with E-state index in [9.17, 15) is 9.59 Å². The fourth-order valence-corrected chi connectivity index (χ4v) is 3.71. The minimum absolute atomic E-state index is 0.275. The second-order valence-corrected chi connectivity index (χ2v) is 6.70. The summed E-state index contributed by atoms with van der Waals surface area (Å²) in [5, 5.41) is 0.946. The number of aryl methyl sites for hydroxylation is 2. The average Bonchev–Trinajstić information content (AvgIpc) is 3.19. The fraction of sp³-hybridized carbons (Fsp3) is 0.273. The number of fused-ring (bicyclic) bond motifs is 3. The summed E-state index contributed by atoms with van der Waals surface area (Å²) in [7, 11) is 1.33. The van der Waals surface area contributed by atoms with Gasteiger partial charge in [0.05, 0.1) is 7.11 Å². The lowest BCUT2D eigenvalue weighted by Gasteiger charge is -2.19. The van der Waals surface area contributed by atoms with Crippen LogP contribution in [0.3, 0.4) is 0 Å². The zero-order chi connectivity index (χ0) is 19.0. The third-order valence-electron chi connectivity index (χ3n) is 5.10. The second kappa shape index (κ2) is 6.91. The lowest BCUT2D eigenvalue weighted by molar-refractivity contribution is -0.149. The third-order valence-corrected chi connectivity index (χ3v) is 5.10. The molecule has 5 heteroatoms. The lowest BCUT2D eigenvalue weighted by Crippen LogP contribution is -2.20. The molecule has 0 N–H and O–H groups in total. The minimum atomic E-state index is -0.895. The van der Waals surface area contributed by atoms with E-state index in [-0.39, 0.29) is 5.63 Å². The van der Waals surface area contributed by atoms with Gasteiger partial charge in [0.1, 0.15) is 11.3 Å². The van der Waals surface area contributed by atoms with E-state index in [0.29, 0.717) is 22.5 Å². The molecule has 0 amide bonds. The number of methoxy groups -OCH3 is 1. The van der Waals surface area contributed by atoms with Crippen LogP contribution in [0.1, 0.15) is 34.8 Å². The van der Waals surface area contributed by atoms with Gasteiger partial charge in [-0.3, -0.25) is 0 Å². The van der Waals surface area contributed by atoms with E-state index in [2.05, 4.69) is 0 Å². The monoisotopic (exact) mass is 364 g/mol. The fourth-order valence-electron chi connectivity index (χ4n) is 3.71. The van der Waals surface area contributed by atoms with Crippen molar-refractivity contribution in [3.05, 3.63) is 75.1 Å². The molecular weight excluding hydrogens is 344 g/mol. The topological polar surface area (TPSA) is 65.7 Å². The average molecular weight is 364 g/mol. The quantitative estimate of drug-likeness (QED) is 0.519. The number of ether oxygens (including phenoxy) is 2. The molecule has 3 aromatic rings. The molecule has 0 aliphatic heterocycles. The van der Waals surface area contributed by atoms with Gasteiger partial charge in [0, 0.05) is 22.1 Å². The molecular formula is C22H20O5. The first-order valence-electron chi connectivity index (χ1n) is 8.97. The highest BCUT2D eigenvalue weighted by atomic mass is 16.6. The van der Waals surface area contributed by atoms with Gasteiger partial charge in [0.2, 0.25) is 6.10 Å². The Morgan fingerprint density at radius 2 is 1.81 bits per heavy atom. The molecule has 5 nitrogen and oxygen atoms in total. The highest BCUT2D eigenvalue weighted by Crippen LogP contribution is 2.35. The van der Waals surface area contributed by atoms with Crippen molar-refractivity contribution in [3.63, 3.8) is 0 Å². The molecule has 0 radical (unpaired) electrons. The van der Waals surface area contributed by atoms with Gasteiger partial charge in [-0.05, 0) is 43.9 Å². The van der Waals surface area contributed by atoms with Crippen LogP contribution >= 0.6 is 0 Å². The summed E-state index contributed by atoms with van der Waals surface area (Å²) in [4.78, 5) is 24.6. The van der Waals surface area contributed by atoms with Crippen molar-refractivity contribution in [1.29, 1.82) is 0 Å². The molecule has 1 heterocycles. The van der Waals surface area contributed by atoms with Crippen LogP contribution in [-0.4, -0.2) is 13.1 Å². The summed E-state index contributed by atoms with van der Waals surface area (Å²) in [6, 6.07) is 12.9. The largest absolute Gasteiger partial charge is 0.474 e. The number of rotatable bonds is 4. The van der Waals surface area contributed by atoms with Crippen LogP contribution < -0.4 is 10.4 Å². The van der Waals surface area contributed by atoms with E-state index < -0.39 is 12.1 Å². The molecule has 0 saturated heterocycles. The minimum Gasteiger partial charge on any atom is -0.474 e. The van der Waals surface area contributed by atoms with Gasteiger partial charge in [0.15, 0.2) is 0 Å². The van der Waals surface area contributed by atoms with E-state index in [1.54, 1.807) is 0 Å². The van der Waals surface area contributed by atoms with Crippen LogP contribution in [0.15, 0.2) is 51.7 Å².